The molecule has 0 N–H and O–H groups in total. The van der Waals surface area contributed by atoms with Gasteiger partial charge in [0.25, 0.3) is 0 Å². The molecule has 0 spiro atoms. The minimum atomic E-state index is -0.425. The van der Waals surface area contributed by atoms with Crippen molar-refractivity contribution in [2.45, 2.75) is 20.1 Å². The van der Waals surface area contributed by atoms with Gasteiger partial charge in [0.15, 0.2) is 11.5 Å². The Morgan fingerprint density at radius 2 is 1.39 bits per heavy atom. The van der Waals surface area contributed by atoms with Gasteiger partial charge in [-0.3, -0.25) is 0 Å². The molecule has 3 aromatic rings. The number of esters is 1. The maximum atomic E-state index is 12.5. The van der Waals surface area contributed by atoms with Crippen LogP contribution in [0.5, 0.6) is 11.5 Å². The number of hydrogen-bond donors (Lipinski definition) is 0. The molecule has 3 rings (SSSR count). The Morgan fingerprint density at radius 1 is 0.821 bits per heavy atom. The lowest BCUT2D eigenvalue weighted by atomic mass is 10.2. The van der Waals surface area contributed by atoms with Crippen LogP contribution in [0.3, 0.4) is 0 Å². The van der Waals surface area contributed by atoms with Gasteiger partial charge in [-0.25, -0.2) is 4.79 Å². The van der Waals surface area contributed by atoms with Gasteiger partial charge in [-0.1, -0.05) is 60.7 Å². The largest absolute Gasteiger partial charge is 0.490 e. The highest BCUT2D eigenvalue weighted by atomic mass is 79.9. The van der Waals surface area contributed by atoms with Crippen LogP contribution in [0.15, 0.2) is 77.3 Å². The van der Waals surface area contributed by atoms with Gasteiger partial charge in [0, 0.05) is 4.47 Å². The number of carbonyl (C=O) groups excluding carboxylic acids is 1. The summed E-state index contributed by atoms with van der Waals surface area (Å²) in [6, 6.07) is 22.8. The van der Waals surface area contributed by atoms with Gasteiger partial charge in [0.1, 0.15) is 13.2 Å². The van der Waals surface area contributed by atoms with Gasteiger partial charge < -0.3 is 14.2 Å². The molecule has 0 heterocycles. The fourth-order valence-electron chi connectivity index (χ4n) is 2.61. The van der Waals surface area contributed by atoms with Crippen LogP contribution in [0, 0.1) is 0 Å². The second-order valence-electron chi connectivity index (χ2n) is 6.05. The monoisotopic (exact) mass is 440 g/mol. The number of hydrogen-bond acceptors (Lipinski definition) is 4. The van der Waals surface area contributed by atoms with Crippen LogP contribution in [0.4, 0.5) is 0 Å². The highest BCUT2D eigenvalue weighted by Gasteiger charge is 2.18. The minimum Gasteiger partial charge on any atom is -0.490 e. The van der Waals surface area contributed by atoms with Crippen LogP contribution >= 0.6 is 15.9 Å². The van der Waals surface area contributed by atoms with Crippen molar-refractivity contribution in [2.75, 3.05) is 6.61 Å². The maximum Gasteiger partial charge on any atom is 0.339 e. The van der Waals surface area contributed by atoms with Crippen LogP contribution in [0.1, 0.15) is 28.4 Å². The Hall–Kier alpha value is -2.79. The number of rotatable bonds is 8. The minimum absolute atomic E-state index is 0.211. The molecule has 28 heavy (non-hydrogen) atoms. The van der Waals surface area contributed by atoms with Gasteiger partial charge in [0.2, 0.25) is 0 Å². The van der Waals surface area contributed by atoms with E-state index in [4.69, 9.17) is 14.2 Å². The fourth-order valence-corrected chi connectivity index (χ4v) is 3.09. The second-order valence-corrected chi connectivity index (χ2v) is 6.90. The first-order chi connectivity index (χ1) is 13.7. The molecule has 0 aliphatic rings. The Balaban J connectivity index is 1.74. The van der Waals surface area contributed by atoms with E-state index in [2.05, 4.69) is 15.9 Å². The van der Waals surface area contributed by atoms with E-state index in [0.29, 0.717) is 34.7 Å². The number of halogens is 1. The molecule has 0 fully saturated rings. The highest BCUT2D eigenvalue weighted by Crippen LogP contribution is 2.35. The predicted molar refractivity (Wildman–Crippen MR) is 112 cm³/mol. The van der Waals surface area contributed by atoms with E-state index in [9.17, 15) is 4.79 Å². The van der Waals surface area contributed by atoms with E-state index in [1.807, 2.05) is 67.6 Å². The van der Waals surface area contributed by atoms with E-state index >= 15 is 0 Å². The average molecular weight is 441 g/mol. The maximum absolute atomic E-state index is 12.5. The van der Waals surface area contributed by atoms with Gasteiger partial charge in [-0.05, 0) is 46.1 Å². The molecule has 0 saturated carbocycles. The quantitative estimate of drug-likeness (QED) is 0.416. The Bertz CT molecular complexity index is 911. The average Bonchev–Trinajstić information content (AvgIpc) is 2.73. The zero-order valence-corrected chi connectivity index (χ0v) is 17.1. The van der Waals surface area contributed by atoms with Gasteiger partial charge in [0.05, 0.1) is 12.2 Å². The zero-order valence-electron chi connectivity index (χ0n) is 15.6. The first-order valence-corrected chi connectivity index (χ1v) is 9.80. The van der Waals surface area contributed by atoms with Crippen molar-refractivity contribution in [3.8, 4) is 11.5 Å². The lowest BCUT2D eigenvalue weighted by Gasteiger charge is -2.15. The number of ether oxygens (including phenoxy) is 3. The molecule has 0 aliphatic heterocycles. The molecular weight excluding hydrogens is 420 g/mol. The first kappa shape index (κ1) is 20.0. The third kappa shape index (κ3) is 5.36. The molecule has 0 aliphatic carbocycles. The smallest absolute Gasteiger partial charge is 0.339 e. The molecule has 3 aromatic carbocycles. The summed E-state index contributed by atoms with van der Waals surface area (Å²) in [5.41, 5.74) is 2.37. The van der Waals surface area contributed by atoms with Crippen LogP contribution in [-0.4, -0.2) is 12.6 Å². The summed E-state index contributed by atoms with van der Waals surface area (Å²) in [6.07, 6.45) is 0. The third-order valence-corrected chi connectivity index (χ3v) is 4.66. The molecule has 0 aromatic heterocycles. The fraction of sp³-hybridized carbons (Fsp3) is 0.174. The van der Waals surface area contributed by atoms with Crippen LogP contribution in [-0.2, 0) is 18.0 Å². The molecule has 0 saturated heterocycles. The van der Waals surface area contributed by atoms with Crippen molar-refractivity contribution < 1.29 is 19.0 Å². The molecular formula is C23H21BrO4. The van der Waals surface area contributed by atoms with Crippen molar-refractivity contribution in [1.29, 1.82) is 0 Å². The third-order valence-electron chi connectivity index (χ3n) is 4.00. The van der Waals surface area contributed by atoms with Gasteiger partial charge in [-0.15, -0.1) is 0 Å². The SMILES string of the molecule is CCOc1cc(C(=O)OCc2ccccc2)c(Br)cc1OCc1ccccc1. The second kappa shape index (κ2) is 9.95. The summed E-state index contributed by atoms with van der Waals surface area (Å²) in [4.78, 5) is 12.5. The molecule has 144 valence electrons. The molecule has 5 heteroatoms. The summed E-state index contributed by atoms with van der Waals surface area (Å²) in [7, 11) is 0. The molecule has 0 unspecified atom stereocenters. The lowest BCUT2D eigenvalue weighted by molar-refractivity contribution is 0.0471. The first-order valence-electron chi connectivity index (χ1n) is 9.01. The summed E-state index contributed by atoms with van der Waals surface area (Å²) < 4.78 is 17.6. The van der Waals surface area contributed by atoms with Crippen molar-refractivity contribution in [1.82, 2.24) is 0 Å². The van der Waals surface area contributed by atoms with Crippen molar-refractivity contribution >= 4 is 21.9 Å². The molecule has 0 bridgehead atoms. The molecule has 0 atom stereocenters. The van der Waals surface area contributed by atoms with E-state index < -0.39 is 5.97 Å². The lowest BCUT2D eigenvalue weighted by Crippen LogP contribution is -2.08. The van der Waals surface area contributed by atoms with Gasteiger partial charge >= 0.3 is 5.97 Å². The predicted octanol–water partition coefficient (Wildman–Crippen LogP) is 5.78. The van der Waals surface area contributed by atoms with E-state index in [1.165, 1.54) is 0 Å². The Morgan fingerprint density at radius 3 is 2.00 bits per heavy atom. The highest BCUT2D eigenvalue weighted by molar-refractivity contribution is 9.10. The van der Waals surface area contributed by atoms with Gasteiger partial charge in [-0.2, -0.15) is 0 Å². The van der Waals surface area contributed by atoms with Crippen molar-refractivity contribution in [2.24, 2.45) is 0 Å². The van der Waals surface area contributed by atoms with E-state index in [1.54, 1.807) is 12.1 Å². The summed E-state index contributed by atoms with van der Waals surface area (Å²) in [6.45, 7) is 2.96. The van der Waals surface area contributed by atoms with E-state index in [0.717, 1.165) is 11.1 Å². The van der Waals surface area contributed by atoms with Crippen LogP contribution < -0.4 is 9.47 Å². The van der Waals surface area contributed by atoms with Crippen molar-refractivity contribution in [3.05, 3.63) is 94.0 Å². The number of benzene rings is 3. The van der Waals surface area contributed by atoms with Crippen LogP contribution in [0.25, 0.3) is 0 Å². The normalized spacial score (nSPS) is 10.4. The molecule has 0 radical (unpaired) electrons. The summed E-state index contributed by atoms with van der Waals surface area (Å²) in [5, 5.41) is 0. The zero-order chi connectivity index (χ0) is 19.8. The Labute approximate surface area is 173 Å². The van der Waals surface area contributed by atoms with Crippen LogP contribution in [0.2, 0.25) is 0 Å². The molecule has 4 nitrogen and oxygen atoms in total. The Kier molecular flexibility index (Phi) is 7.09. The van der Waals surface area contributed by atoms with Crippen molar-refractivity contribution in [3.63, 3.8) is 0 Å². The number of carbonyl (C=O) groups is 1. The molecule has 0 amide bonds. The summed E-state index contributed by atoms with van der Waals surface area (Å²) in [5.74, 6) is 0.650. The van der Waals surface area contributed by atoms with E-state index in [-0.39, 0.29) is 6.61 Å². The topological polar surface area (TPSA) is 44.8 Å². The standard InChI is InChI=1S/C23H21BrO4/c1-2-26-21-13-19(23(25)28-16-18-11-7-4-8-12-18)20(24)14-22(21)27-15-17-9-5-3-6-10-17/h3-14H,2,15-16H2,1H3. The summed E-state index contributed by atoms with van der Waals surface area (Å²) >= 11 is 3.45.